The second-order valence-corrected chi connectivity index (χ2v) is 15.8. The minimum absolute atomic E-state index is 0.0403. The van der Waals surface area contributed by atoms with Gasteiger partial charge in [0.05, 0.1) is 6.04 Å². The molecule has 0 spiro atoms. The molecule has 9 rings (SSSR count). The number of rotatable bonds is 9. The lowest BCUT2D eigenvalue weighted by atomic mass is 9.78. The van der Waals surface area contributed by atoms with Gasteiger partial charge < -0.3 is 19.8 Å². The Morgan fingerprint density at radius 2 is 1.66 bits per heavy atom. The van der Waals surface area contributed by atoms with Crippen LogP contribution in [0.25, 0.3) is 44.9 Å². The van der Waals surface area contributed by atoms with Crippen LogP contribution in [0, 0.1) is 0 Å². The fourth-order valence-corrected chi connectivity index (χ4v) is 8.83. The molecule has 288 valence electrons. The molecule has 1 aromatic heterocycles. The van der Waals surface area contributed by atoms with Gasteiger partial charge in [0, 0.05) is 40.4 Å². The van der Waals surface area contributed by atoms with Gasteiger partial charge in [-0.1, -0.05) is 148 Å². The summed E-state index contributed by atoms with van der Waals surface area (Å²) in [6.07, 6.45) is 21.1. The van der Waals surface area contributed by atoms with Crippen LogP contribution in [0.2, 0.25) is 0 Å². The standard InChI is InChI=1S/C54H50N2O2/c1-5-6-14-38(41-22-23-42-33-35(2)44-18-11-12-19-45(44)48(42)34-41)31-32-55-50-30-28-47-46-27-29-49(37(4)53(46)58-54(47)52(50)40-16-8-7-9-17-40)56-43-25-21-36(3)57-51-20-13-10-15-39(51)24-26-43/h5-23,25-31,34-37,49,55-56H,1,24,32-33H2,2-4H3/b14-6-,25-21-,38-31+,43-26+. The molecule has 0 bridgehead atoms. The number of anilines is 1. The molecule has 2 heterocycles. The highest BCUT2D eigenvalue weighted by atomic mass is 16.5. The average molecular weight is 759 g/mol. The Balaban J connectivity index is 1.02. The molecule has 0 saturated heterocycles. The van der Waals surface area contributed by atoms with Gasteiger partial charge in [-0.3, -0.25) is 0 Å². The summed E-state index contributed by atoms with van der Waals surface area (Å²) in [4.78, 5) is 0. The number of fused-ring (bicyclic) bond motifs is 7. The van der Waals surface area contributed by atoms with Gasteiger partial charge in [-0.25, -0.2) is 0 Å². The molecule has 4 unspecified atom stereocenters. The Morgan fingerprint density at radius 1 is 0.828 bits per heavy atom. The molecule has 4 atom stereocenters. The molecule has 2 aliphatic carbocycles. The van der Waals surface area contributed by atoms with E-state index < -0.39 is 0 Å². The largest absolute Gasteiger partial charge is 0.486 e. The third-order valence-electron chi connectivity index (χ3n) is 11.9. The zero-order chi connectivity index (χ0) is 39.6. The highest BCUT2D eigenvalue weighted by Gasteiger charge is 2.30. The van der Waals surface area contributed by atoms with Crippen molar-refractivity contribution >= 4 is 28.3 Å². The van der Waals surface area contributed by atoms with Crippen LogP contribution < -0.4 is 15.4 Å². The lowest BCUT2D eigenvalue weighted by molar-refractivity contribution is 0.267. The third kappa shape index (κ3) is 7.27. The number of hydrogen-bond donors (Lipinski definition) is 2. The Morgan fingerprint density at radius 3 is 2.53 bits per heavy atom. The second-order valence-electron chi connectivity index (χ2n) is 15.8. The van der Waals surface area contributed by atoms with Crippen molar-refractivity contribution in [3.05, 3.63) is 204 Å². The van der Waals surface area contributed by atoms with Crippen molar-refractivity contribution in [2.24, 2.45) is 0 Å². The molecule has 0 fully saturated rings. The minimum atomic E-state index is -0.0403. The number of furan rings is 1. The summed E-state index contributed by atoms with van der Waals surface area (Å²) in [7, 11) is 0. The van der Waals surface area contributed by atoms with Gasteiger partial charge in [0.2, 0.25) is 0 Å². The van der Waals surface area contributed by atoms with Crippen molar-refractivity contribution in [1.82, 2.24) is 5.32 Å². The number of nitrogens with one attached hydrogen (secondary N) is 2. The molecule has 1 aliphatic heterocycles. The summed E-state index contributed by atoms with van der Waals surface area (Å²) < 4.78 is 13.2. The van der Waals surface area contributed by atoms with E-state index in [1.807, 2.05) is 18.2 Å². The lowest BCUT2D eigenvalue weighted by Crippen LogP contribution is -2.32. The van der Waals surface area contributed by atoms with Gasteiger partial charge in [-0.05, 0) is 107 Å². The van der Waals surface area contributed by atoms with E-state index in [4.69, 9.17) is 9.15 Å². The maximum Gasteiger partial charge on any atom is 0.144 e. The predicted molar refractivity (Wildman–Crippen MR) is 243 cm³/mol. The Hall–Kier alpha value is -6.52. The van der Waals surface area contributed by atoms with Crippen LogP contribution in [0.15, 0.2) is 174 Å². The van der Waals surface area contributed by atoms with Crippen molar-refractivity contribution in [1.29, 1.82) is 0 Å². The van der Waals surface area contributed by atoms with Crippen molar-refractivity contribution in [2.75, 3.05) is 11.9 Å². The third-order valence-corrected chi connectivity index (χ3v) is 11.9. The van der Waals surface area contributed by atoms with Crippen LogP contribution in [-0.4, -0.2) is 18.7 Å². The zero-order valence-corrected chi connectivity index (χ0v) is 33.5. The summed E-state index contributed by atoms with van der Waals surface area (Å²) in [5, 5.41) is 8.75. The van der Waals surface area contributed by atoms with Gasteiger partial charge in [-0.15, -0.1) is 0 Å². The molecule has 58 heavy (non-hydrogen) atoms. The fraction of sp³-hybridized carbons (Fsp3) is 0.185. The van der Waals surface area contributed by atoms with Crippen LogP contribution in [-0.2, 0) is 12.8 Å². The summed E-state index contributed by atoms with van der Waals surface area (Å²) in [5.74, 6) is 2.55. The quantitative estimate of drug-likeness (QED) is 0.144. The lowest BCUT2D eigenvalue weighted by Gasteiger charge is -2.26. The van der Waals surface area contributed by atoms with Crippen molar-refractivity contribution in [3.8, 4) is 28.0 Å². The smallest absolute Gasteiger partial charge is 0.144 e. The first-order chi connectivity index (χ1) is 28.4. The Bertz CT molecular complexity index is 2650. The first-order valence-corrected chi connectivity index (χ1v) is 20.6. The maximum atomic E-state index is 6.99. The van der Waals surface area contributed by atoms with Crippen LogP contribution in [0.3, 0.4) is 0 Å². The van der Waals surface area contributed by atoms with E-state index in [9.17, 15) is 0 Å². The number of allylic oxidation sites excluding steroid dienone is 6. The molecule has 4 heteroatoms. The van der Waals surface area contributed by atoms with Gasteiger partial charge in [0.25, 0.3) is 0 Å². The van der Waals surface area contributed by atoms with E-state index in [2.05, 4.69) is 184 Å². The first-order valence-electron chi connectivity index (χ1n) is 20.6. The fourth-order valence-electron chi connectivity index (χ4n) is 8.83. The van der Waals surface area contributed by atoms with Gasteiger partial charge in [0.15, 0.2) is 0 Å². The zero-order valence-electron chi connectivity index (χ0n) is 33.5. The van der Waals surface area contributed by atoms with E-state index in [1.165, 1.54) is 33.4 Å². The molecule has 0 saturated carbocycles. The van der Waals surface area contributed by atoms with Crippen LogP contribution >= 0.6 is 0 Å². The molecule has 3 aliphatic rings. The molecule has 4 nitrogen and oxygen atoms in total. The number of hydrogen-bond acceptors (Lipinski definition) is 4. The predicted octanol–water partition coefficient (Wildman–Crippen LogP) is 13.2. The number of para-hydroxylation sites is 1. The number of benzene rings is 5. The van der Waals surface area contributed by atoms with E-state index in [-0.39, 0.29) is 18.1 Å². The first kappa shape index (κ1) is 37.1. The van der Waals surface area contributed by atoms with Crippen LogP contribution in [0.4, 0.5) is 5.69 Å². The molecule has 6 aromatic rings. The van der Waals surface area contributed by atoms with Gasteiger partial charge >= 0.3 is 0 Å². The Kier molecular flexibility index (Phi) is 10.3. The van der Waals surface area contributed by atoms with Gasteiger partial charge in [-0.2, -0.15) is 0 Å². The molecule has 0 radical (unpaired) electrons. The molecule has 2 N–H and O–H groups in total. The number of ether oxygens (including phenoxy) is 1. The normalized spacial score (nSPS) is 21.2. The summed E-state index contributed by atoms with van der Waals surface area (Å²) >= 11 is 0. The minimum Gasteiger partial charge on any atom is -0.486 e. The highest BCUT2D eigenvalue weighted by molar-refractivity contribution is 6.03. The molecular formula is C54H50N2O2. The topological polar surface area (TPSA) is 46.4 Å². The Labute approximate surface area is 342 Å². The van der Waals surface area contributed by atoms with Crippen molar-refractivity contribution in [3.63, 3.8) is 0 Å². The SMILES string of the molecule is C=C/C=C\C(=C/CNc1ccc2c3c(oc2c1-c1ccccc1)C(C)C(NC1=C/Cc2ccccc2OC(C)/C=C\1)C=C3)c1ccc2c(c1)-c1ccccc1C(C)C2. The molecule has 0 amide bonds. The summed E-state index contributed by atoms with van der Waals surface area (Å²) in [5.41, 5.74) is 15.4. The molecule has 5 aromatic carbocycles. The summed E-state index contributed by atoms with van der Waals surface area (Å²) in [6, 6.07) is 39.2. The van der Waals surface area contributed by atoms with Crippen molar-refractivity contribution in [2.45, 2.75) is 57.6 Å². The van der Waals surface area contributed by atoms with Crippen LogP contribution in [0.5, 0.6) is 5.75 Å². The van der Waals surface area contributed by atoms with E-state index >= 15 is 0 Å². The maximum absolute atomic E-state index is 6.99. The monoisotopic (exact) mass is 758 g/mol. The van der Waals surface area contributed by atoms with E-state index in [0.717, 1.165) is 69.0 Å². The molecular weight excluding hydrogens is 709 g/mol. The van der Waals surface area contributed by atoms with Gasteiger partial charge in [0.1, 0.15) is 23.2 Å². The average Bonchev–Trinajstić information content (AvgIpc) is 3.66. The van der Waals surface area contributed by atoms with E-state index in [0.29, 0.717) is 12.5 Å². The second kappa shape index (κ2) is 16.1. The van der Waals surface area contributed by atoms with Crippen LogP contribution in [0.1, 0.15) is 66.2 Å². The highest BCUT2D eigenvalue weighted by Crippen LogP contribution is 2.44. The van der Waals surface area contributed by atoms with E-state index in [1.54, 1.807) is 0 Å². The summed E-state index contributed by atoms with van der Waals surface area (Å²) in [6.45, 7) is 11.3. The van der Waals surface area contributed by atoms with Crippen molar-refractivity contribution < 1.29 is 9.15 Å².